The largest absolute Gasteiger partial charge is 0.298 e. The molecule has 1 nitrogen and oxygen atoms in total. The van der Waals surface area contributed by atoms with E-state index in [-0.39, 0.29) is 0 Å². The van der Waals surface area contributed by atoms with Crippen molar-refractivity contribution in [1.29, 1.82) is 0 Å². The van der Waals surface area contributed by atoms with Crippen LogP contribution in [-0.2, 0) is 0 Å². The molecule has 0 radical (unpaired) electrons. The second-order valence-electron chi connectivity index (χ2n) is 4.65. The number of nitrogens with zero attached hydrogens (tertiary/aromatic N) is 1. The molecule has 0 N–H and O–H groups in total. The molecule has 1 heteroatoms. The molecule has 0 aromatic carbocycles. The van der Waals surface area contributed by atoms with Gasteiger partial charge in [0.25, 0.3) is 0 Å². The second kappa shape index (κ2) is 2.48. The summed E-state index contributed by atoms with van der Waals surface area (Å²) < 4.78 is 0. The fourth-order valence-electron chi connectivity index (χ4n) is 2.88. The lowest BCUT2D eigenvalue weighted by molar-refractivity contribution is 0.145. The third kappa shape index (κ3) is 1.10. The van der Waals surface area contributed by atoms with Crippen LogP contribution in [0.25, 0.3) is 0 Å². The van der Waals surface area contributed by atoms with E-state index in [0.717, 1.165) is 23.9 Å². The van der Waals surface area contributed by atoms with Crippen LogP contribution in [0.3, 0.4) is 0 Å². The van der Waals surface area contributed by atoms with Crippen LogP contribution in [0.15, 0.2) is 0 Å². The number of likely N-dealkylation sites (tertiary alicyclic amines) is 1. The zero-order valence-electron chi connectivity index (χ0n) is 7.88. The van der Waals surface area contributed by atoms with Gasteiger partial charge in [-0.25, -0.2) is 0 Å². The monoisotopic (exact) mass is 153 g/mol. The Labute approximate surface area is 69.8 Å². The maximum Gasteiger partial charge on any atom is 0.0104 e. The Hall–Kier alpha value is -0.0400. The summed E-state index contributed by atoms with van der Waals surface area (Å²) in [4.78, 5) is 2.69. The van der Waals surface area contributed by atoms with Gasteiger partial charge in [0, 0.05) is 18.6 Å². The van der Waals surface area contributed by atoms with Crippen molar-refractivity contribution in [1.82, 2.24) is 4.90 Å². The standard InChI is InChI=1S/C10H19N/c1-7(2)11-6-9-5-10(11)4-8(9)3/h7-10H,4-6H2,1-3H3. The molecule has 1 heterocycles. The minimum atomic E-state index is 0.775. The molecule has 3 unspecified atom stereocenters. The Morgan fingerprint density at radius 1 is 1.27 bits per heavy atom. The summed E-state index contributed by atoms with van der Waals surface area (Å²) in [5.74, 6) is 2.04. The molecule has 11 heavy (non-hydrogen) atoms. The summed E-state index contributed by atoms with van der Waals surface area (Å²) in [5.41, 5.74) is 0. The molecule has 2 bridgehead atoms. The molecule has 1 aliphatic heterocycles. The molecular formula is C10H19N. The topological polar surface area (TPSA) is 3.24 Å². The van der Waals surface area contributed by atoms with E-state index < -0.39 is 0 Å². The predicted octanol–water partition coefficient (Wildman–Crippen LogP) is 2.13. The normalized spacial score (nSPS) is 44.2. The Kier molecular flexibility index (Phi) is 1.71. The van der Waals surface area contributed by atoms with Gasteiger partial charge in [-0.05, 0) is 38.5 Å². The minimum absolute atomic E-state index is 0.775. The molecule has 2 aliphatic rings. The van der Waals surface area contributed by atoms with Gasteiger partial charge in [0.1, 0.15) is 0 Å². The number of rotatable bonds is 1. The molecular weight excluding hydrogens is 134 g/mol. The van der Waals surface area contributed by atoms with E-state index in [2.05, 4.69) is 25.7 Å². The molecule has 0 spiro atoms. The first kappa shape index (κ1) is 7.60. The van der Waals surface area contributed by atoms with Crippen LogP contribution in [0, 0.1) is 11.8 Å². The van der Waals surface area contributed by atoms with Crippen molar-refractivity contribution in [3.8, 4) is 0 Å². The van der Waals surface area contributed by atoms with Crippen molar-refractivity contribution in [2.75, 3.05) is 6.54 Å². The summed E-state index contributed by atoms with van der Waals surface area (Å²) in [6.45, 7) is 8.45. The molecule has 2 rings (SSSR count). The van der Waals surface area contributed by atoms with E-state index in [9.17, 15) is 0 Å². The highest BCUT2D eigenvalue weighted by atomic mass is 15.2. The minimum Gasteiger partial charge on any atom is -0.298 e. The van der Waals surface area contributed by atoms with Crippen LogP contribution in [0.1, 0.15) is 33.6 Å². The maximum atomic E-state index is 2.69. The van der Waals surface area contributed by atoms with Crippen LogP contribution in [0.5, 0.6) is 0 Å². The Bertz CT molecular complexity index is 151. The van der Waals surface area contributed by atoms with Crippen molar-refractivity contribution >= 4 is 0 Å². The maximum absolute atomic E-state index is 2.69. The van der Waals surface area contributed by atoms with Gasteiger partial charge < -0.3 is 0 Å². The molecule has 2 fully saturated rings. The van der Waals surface area contributed by atoms with Gasteiger partial charge in [-0.3, -0.25) is 4.90 Å². The van der Waals surface area contributed by atoms with E-state index in [1.165, 1.54) is 19.4 Å². The van der Waals surface area contributed by atoms with Crippen LogP contribution in [-0.4, -0.2) is 23.5 Å². The van der Waals surface area contributed by atoms with Gasteiger partial charge in [-0.1, -0.05) is 6.92 Å². The molecule has 64 valence electrons. The first-order valence-corrected chi connectivity index (χ1v) is 4.94. The van der Waals surface area contributed by atoms with Gasteiger partial charge in [-0.2, -0.15) is 0 Å². The summed E-state index contributed by atoms with van der Waals surface area (Å²) in [7, 11) is 0. The number of hydrogen-bond acceptors (Lipinski definition) is 1. The summed E-state index contributed by atoms with van der Waals surface area (Å²) in [6, 6.07) is 1.72. The lowest BCUT2D eigenvalue weighted by Gasteiger charge is -2.32. The molecule has 1 saturated carbocycles. The summed E-state index contributed by atoms with van der Waals surface area (Å²) in [6.07, 6.45) is 2.95. The van der Waals surface area contributed by atoms with Gasteiger partial charge in [0.05, 0.1) is 0 Å². The fourth-order valence-corrected chi connectivity index (χ4v) is 2.88. The van der Waals surface area contributed by atoms with Crippen LogP contribution < -0.4 is 0 Å². The Balaban J connectivity index is 2.02. The van der Waals surface area contributed by atoms with E-state index in [1.807, 2.05) is 0 Å². The van der Waals surface area contributed by atoms with Crippen molar-refractivity contribution in [3.05, 3.63) is 0 Å². The molecule has 0 aromatic rings. The molecule has 0 amide bonds. The first-order valence-electron chi connectivity index (χ1n) is 4.94. The first-order chi connectivity index (χ1) is 5.18. The Morgan fingerprint density at radius 2 is 2.00 bits per heavy atom. The fraction of sp³-hybridized carbons (Fsp3) is 1.00. The zero-order valence-corrected chi connectivity index (χ0v) is 7.88. The van der Waals surface area contributed by atoms with E-state index in [4.69, 9.17) is 0 Å². The van der Waals surface area contributed by atoms with E-state index >= 15 is 0 Å². The van der Waals surface area contributed by atoms with Crippen molar-refractivity contribution in [2.45, 2.75) is 45.7 Å². The Morgan fingerprint density at radius 3 is 2.36 bits per heavy atom. The highest BCUT2D eigenvalue weighted by Crippen LogP contribution is 2.42. The third-order valence-corrected chi connectivity index (χ3v) is 3.60. The lowest BCUT2D eigenvalue weighted by atomic mass is 9.96. The number of hydrogen-bond donors (Lipinski definition) is 0. The molecule has 1 aliphatic carbocycles. The average molecular weight is 153 g/mol. The number of piperidine rings is 1. The van der Waals surface area contributed by atoms with Gasteiger partial charge in [0.15, 0.2) is 0 Å². The van der Waals surface area contributed by atoms with Crippen LogP contribution >= 0.6 is 0 Å². The highest BCUT2D eigenvalue weighted by Gasteiger charge is 2.42. The van der Waals surface area contributed by atoms with E-state index in [0.29, 0.717) is 0 Å². The third-order valence-electron chi connectivity index (χ3n) is 3.60. The van der Waals surface area contributed by atoms with Gasteiger partial charge in [0.2, 0.25) is 0 Å². The molecule has 0 aromatic heterocycles. The smallest absolute Gasteiger partial charge is 0.0104 e. The van der Waals surface area contributed by atoms with Crippen LogP contribution in [0.4, 0.5) is 0 Å². The second-order valence-corrected chi connectivity index (χ2v) is 4.65. The predicted molar refractivity (Wildman–Crippen MR) is 47.5 cm³/mol. The van der Waals surface area contributed by atoms with Crippen molar-refractivity contribution in [2.24, 2.45) is 11.8 Å². The average Bonchev–Trinajstić information content (AvgIpc) is 2.43. The van der Waals surface area contributed by atoms with Crippen molar-refractivity contribution < 1.29 is 0 Å². The molecule has 1 saturated heterocycles. The van der Waals surface area contributed by atoms with Crippen molar-refractivity contribution in [3.63, 3.8) is 0 Å². The van der Waals surface area contributed by atoms with Gasteiger partial charge >= 0.3 is 0 Å². The number of fused-ring (bicyclic) bond motifs is 2. The van der Waals surface area contributed by atoms with Crippen LogP contribution in [0.2, 0.25) is 0 Å². The lowest BCUT2D eigenvalue weighted by Crippen LogP contribution is -2.39. The SMILES string of the molecule is CC1CC2CC1CN2C(C)C. The highest BCUT2D eigenvalue weighted by molar-refractivity contribution is 4.96. The van der Waals surface area contributed by atoms with E-state index in [1.54, 1.807) is 0 Å². The summed E-state index contributed by atoms with van der Waals surface area (Å²) >= 11 is 0. The summed E-state index contributed by atoms with van der Waals surface area (Å²) in [5, 5.41) is 0. The van der Waals surface area contributed by atoms with Gasteiger partial charge in [-0.15, -0.1) is 0 Å². The zero-order chi connectivity index (χ0) is 8.01. The quantitative estimate of drug-likeness (QED) is 0.558. The molecule has 3 atom stereocenters.